The molecule has 0 radical (unpaired) electrons. The van der Waals surface area contributed by atoms with E-state index in [1.54, 1.807) is 16.7 Å². The summed E-state index contributed by atoms with van der Waals surface area (Å²) < 4.78 is 13.4. The predicted octanol–water partition coefficient (Wildman–Crippen LogP) is 2.69. The number of carbonyl (C=O) groups is 1. The molecule has 2 heterocycles. The van der Waals surface area contributed by atoms with Gasteiger partial charge in [-0.05, 0) is 30.8 Å². The Morgan fingerprint density at radius 1 is 1.38 bits per heavy atom. The van der Waals surface area contributed by atoms with Crippen molar-refractivity contribution < 1.29 is 14.3 Å². The summed E-state index contributed by atoms with van der Waals surface area (Å²) in [5.74, 6) is 1.97. The maximum atomic E-state index is 12.3. The Hall–Kier alpha value is -2.35. The standard InChI is InChI=1S/C16H20N4O3S/c1-2-4-14-18-19-16(24)20(14)10-15(21)17-11-5-6-12-13(9-11)23-8-3-7-22-12/h5-6,9H,2-4,7-8,10H2,1H3,(H,17,21)(H,19,24). The van der Waals surface area contributed by atoms with Crippen molar-refractivity contribution in [3.05, 3.63) is 28.8 Å². The van der Waals surface area contributed by atoms with Gasteiger partial charge in [0.05, 0.1) is 13.2 Å². The van der Waals surface area contributed by atoms with E-state index in [4.69, 9.17) is 21.7 Å². The monoisotopic (exact) mass is 348 g/mol. The van der Waals surface area contributed by atoms with Gasteiger partial charge in [-0.15, -0.1) is 0 Å². The van der Waals surface area contributed by atoms with Crippen LogP contribution in [-0.4, -0.2) is 33.9 Å². The van der Waals surface area contributed by atoms with Crippen LogP contribution in [0.15, 0.2) is 18.2 Å². The molecule has 2 aromatic rings. The number of carbonyl (C=O) groups excluding carboxylic acids is 1. The van der Waals surface area contributed by atoms with Gasteiger partial charge < -0.3 is 14.8 Å². The maximum Gasteiger partial charge on any atom is 0.244 e. The Kier molecular flexibility index (Phi) is 5.14. The van der Waals surface area contributed by atoms with Gasteiger partial charge in [0.1, 0.15) is 12.4 Å². The van der Waals surface area contributed by atoms with E-state index in [9.17, 15) is 4.79 Å². The molecule has 0 spiro atoms. The SMILES string of the molecule is CCCc1n[nH]c(=S)n1CC(=O)Nc1ccc2c(c1)OCCCO2. The van der Waals surface area contributed by atoms with E-state index in [0.29, 0.717) is 35.2 Å². The minimum Gasteiger partial charge on any atom is -0.490 e. The number of aromatic nitrogens is 3. The van der Waals surface area contributed by atoms with Crippen molar-refractivity contribution in [1.29, 1.82) is 0 Å². The number of fused-ring (bicyclic) bond motifs is 1. The van der Waals surface area contributed by atoms with E-state index < -0.39 is 0 Å². The van der Waals surface area contributed by atoms with Crippen molar-refractivity contribution in [3.63, 3.8) is 0 Å². The third-order valence-corrected chi connectivity index (χ3v) is 3.96. The third kappa shape index (κ3) is 3.76. The molecule has 2 N–H and O–H groups in total. The minimum atomic E-state index is -0.167. The zero-order valence-corrected chi connectivity index (χ0v) is 14.3. The molecule has 7 nitrogen and oxygen atoms in total. The summed E-state index contributed by atoms with van der Waals surface area (Å²) in [6.45, 7) is 3.42. The number of hydrogen-bond acceptors (Lipinski definition) is 5. The van der Waals surface area contributed by atoms with Crippen LogP contribution in [0.1, 0.15) is 25.6 Å². The van der Waals surface area contributed by atoms with Crippen LogP contribution in [0.3, 0.4) is 0 Å². The summed E-state index contributed by atoms with van der Waals surface area (Å²) in [6.07, 6.45) is 2.54. The van der Waals surface area contributed by atoms with Crippen molar-refractivity contribution in [1.82, 2.24) is 14.8 Å². The molecule has 1 aliphatic heterocycles. The smallest absolute Gasteiger partial charge is 0.244 e. The van der Waals surface area contributed by atoms with Crippen molar-refractivity contribution in [3.8, 4) is 11.5 Å². The van der Waals surface area contributed by atoms with Crippen LogP contribution in [-0.2, 0) is 17.8 Å². The summed E-state index contributed by atoms with van der Waals surface area (Å²) >= 11 is 5.19. The first-order valence-electron chi connectivity index (χ1n) is 8.01. The highest BCUT2D eigenvalue weighted by molar-refractivity contribution is 7.71. The average Bonchev–Trinajstić information content (AvgIpc) is 2.77. The zero-order valence-electron chi connectivity index (χ0n) is 13.5. The summed E-state index contributed by atoms with van der Waals surface area (Å²) in [5.41, 5.74) is 0.663. The Bertz CT molecular complexity index is 784. The first-order chi connectivity index (χ1) is 11.7. The van der Waals surface area contributed by atoms with E-state index in [0.717, 1.165) is 25.1 Å². The number of anilines is 1. The molecular weight excluding hydrogens is 328 g/mol. The highest BCUT2D eigenvalue weighted by Gasteiger charge is 2.13. The molecule has 8 heteroatoms. The lowest BCUT2D eigenvalue weighted by atomic mass is 10.2. The molecule has 1 aliphatic rings. The van der Waals surface area contributed by atoms with Gasteiger partial charge in [0, 0.05) is 24.6 Å². The third-order valence-electron chi connectivity index (χ3n) is 3.64. The number of nitrogens with one attached hydrogen (secondary N) is 2. The van der Waals surface area contributed by atoms with E-state index in [-0.39, 0.29) is 12.5 Å². The van der Waals surface area contributed by atoms with Crippen molar-refractivity contribution in [2.24, 2.45) is 0 Å². The highest BCUT2D eigenvalue weighted by Crippen LogP contribution is 2.32. The molecule has 0 bridgehead atoms. The van der Waals surface area contributed by atoms with Gasteiger partial charge in [-0.3, -0.25) is 14.5 Å². The summed E-state index contributed by atoms with van der Waals surface area (Å²) in [7, 11) is 0. The van der Waals surface area contributed by atoms with E-state index in [2.05, 4.69) is 22.4 Å². The minimum absolute atomic E-state index is 0.124. The Morgan fingerprint density at radius 3 is 2.96 bits per heavy atom. The fourth-order valence-electron chi connectivity index (χ4n) is 2.51. The molecule has 0 unspecified atom stereocenters. The van der Waals surface area contributed by atoms with Gasteiger partial charge in [0.2, 0.25) is 5.91 Å². The molecule has 0 saturated carbocycles. The molecule has 1 aromatic carbocycles. The number of ether oxygens (including phenoxy) is 2. The molecule has 128 valence electrons. The van der Waals surface area contributed by atoms with Crippen molar-refractivity contribution in [2.45, 2.75) is 32.7 Å². The van der Waals surface area contributed by atoms with Crippen LogP contribution in [0.2, 0.25) is 0 Å². The Morgan fingerprint density at radius 2 is 2.17 bits per heavy atom. The quantitative estimate of drug-likeness (QED) is 0.812. The molecule has 24 heavy (non-hydrogen) atoms. The molecule has 0 atom stereocenters. The van der Waals surface area contributed by atoms with Crippen LogP contribution in [0, 0.1) is 4.77 Å². The number of amides is 1. The summed E-state index contributed by atoms with van der Waals surface area (Å²) in [4.78, 5) is 12.3. The number of benzene rings is 1. The first kappa shape index (κ1) is 16.5. The van der Waals surface area contributed by atoms with Crippen LogP contribution in [0.25, 0.3) is 0 Å². The Balaban J connectivity index is 1.70. The zero-order chi connectivity index (χ0) is 16.9. The largest absolute Gasteiger partial charge is 0.490 e. The van der Waals surface area contributed by atoms with Gasteiger partial charge in [-0.25, -0.2) is 0 Å². The van der Waals surface area contributed by atoms with Crippen molar-refractivity contribution in [2.75, 3.05) is 18.5 Å². The number of H-pyrrole nitrogens is 1. The highest BCUT2D eigenvalue weighted by atomic mass is 32.1. The second-order valence-electron chi connectivity index (χ2n) is 5.54. The van der Waals surface area contributed by atoms with E-state index in [1.165, 1.54) is 0 Å². The topological polar surface area (TPSA) is 81.2 Å². The van der Waals surface area contributed by atoms with Crippen molar-refractivity contribution >= 4 is 23.8 Å². The fourth-order valence-corrected chi connectivity index (χ4v) is 2.73. The van der Waals surface area contributed by atoms with Gasteiger partial charge in [0.15, 0.2) is 16.3 Å². The second kappa shape index (κ2) is 7.48. The number of aryl methyl sites for hydroxylation is 1. The number of aromatic amines is 1. The lowest BCUT2D eigenvalue weighted by Crippen LogP contribution is -2.20. The van der Waals surface area contributed by atoms with E-state index >= 15 is 0 Å². The molecule has 1 amide bonds. The molecule has 0 saturated heterocycles. The molecular formula is C16H20N4O3S. The predicted molar refractivity (Wildman–Crippen MR) is 92.1 cm³/mol. The molecule has 1 aromatic heterocycles. The summed E-state index contributed by atoms with van der Waals surface area (Å²) in [6, 6.07) is 5.38. The molecule has 3 rings (SSSR count). The average molecular weight is 348 g/mol. The number of hydrogen-bond donors (Lipinski definition) is 2. The lowest BCUT2D eigenvalue weighted by Gasteiger charge is -2.11. The van der Waals surface area contributed by atoms with Gasteiger partial charge in [-0.2, -0.15) is 5.10 Å². The summed E-state index contributed by atoms with van der Waals surface area (Å²) in [5, 5.41) is 9.77. The van der Waals surface area contributed by atoms with Crippen LogP contribution < -0.4 is 14.8 Å². The van der Waals surface area contributed by atoms with Crippen LogP contribution in [0.5, 0.6) is 11.5 Å². The van der Waals surface area contributed by atoms with Crippen LogP contribution in [0.4, 0.5) is 5.69 Å². The number of nitrogens with zero attached hydrogens (tertiary/aromatic N) is 2. The normalized spacial score (nSPS) is 13.4. The van der Waals surface area contributed by atoms with Crippen LogP contribution >= 0.6 is 12.2 Å². The molecule has 0 fully saturated rings. The second-order valence-corrected chi connectivity index (χ2v) is 5.93. The Labute approximate surface area is 145 Å². The maximum absolute atomic E-state index is 12.3. The first-order valence-corrected chi connectivity index (χ1v) is 8.41. The fraction of sp³-hybridized carbons (Fsp3) is 0.438. The van der Waals surface area contributed by atoms with Gasteiger partial charge in [-0.1, -0.05) is 6.92 Å². The lowest BCUT2D eigenvalue weighted by molar-refractivity contribution is -0.116. The number of rotatable bonds is 5. The van der Waals surface area contributed by atoms with Gasteiger partial charge >= 0.3 is 0 Å². The van der Waals surface area contributed by atoms with Gasteiger partial charge in [0.25, 0.3) is 0 Å². The van der Waals surface area contributed by atoms with E-state index in [1.807, 2.05) is 6.07 Å². The molecule has 0 aliphatic carbocycles.